The third-order valence-electron chi connectivity index (χ3n) is 9.75. The predicted octanol–water partition coefficient (Wildman–Crippen LogP) is 6.13. The van der Waals surface area contributed by atoms with Crippen LogP contribution in [0.25, 0.3) is 0 Å². The van der Waals surface area contributed by atoms with Gasteiger partial charge in [0.2, 0.25) is 5.91 Å². The monoisotopic (exact) mass is 806 g/mol. The van der Waals surface area contributed by atoms with E-state index in [-0.39, 0.29) is 6.42 Å². The van der Waals surface area contributed by atoms with Gasteiger partial charge in [0.05, 0.1) is 25.4 Å². The normalized spacial score (nSPS) is 22.5. The van der Waals surface area contributed by atoms with E-state index in [1.54, 1.807) is 6.08 Å². The van der Waals surface area contributed by atoms with Crippen LogP contribution in [-0.2, 0) is 28.9 Å². The highest BCUT2D eigenvalue weighted by Crippen LogP contribution is 2.26. The Bertz CT molecular complexity index is 1150. The highest BCUT2D eigenvalue weighted by Gasteiger charge is 2.48. The fourth-order valence-corrected chi connectivity index (χ4v) is 6.86. The van der Waals surface area contributed by atoms with Crippen LogP contribution in [0.2, 0.25) is 0 Å². The minimum atomic E-state index is -5.12. The average molecular weight is 806 g/mol. The van der Waals surface area contributed by atoms with Gasteiger partial charge >= 0.3 is 10.4 Å². The summed E-state index contributed by atoms with van der Waals surface area (Å²) in [5, 5.41) is 54.9. The van der Waals surface area contributed by atoms with E-state index < -0.39 is 78.5 Å². The van der Waals surface area contributed by atoms with Crippen molar-refractivity contribution in [1.82, 2.24) is 5.32 Å². The third kappa shape index (κ3) is 25.3. The van der Waals surface area contributed by atoms with E-state index in [1.165, 1.54) is 89.5 Å². The van der Waals surface area contributed by atoms with E-state index in [1.807, 2.05) is 0 Å². The summed E-state index contributed by atoms with van der Waals surface area (Å²) in [5.41, 5.74) is 0. The molecule has 322 valence electrons. The molecule has 1 amide bonds. The number of carbonyl (C=O) groups is 1. The SMILES string of the molecule is CCCCCCCC/C=C\CCCCC(O)C(=O)NC(COC1OC(CO)C(O)C(OS(=O)(=O)O)C1O)C(O)/C=C/CC/C=C/CCCCCCCCCC. The molecule has 1 saturated heterocycles. The summed E-state index contributed by atoms with van der Waals surface area (Å²) < 4.78 is 47.3. The second-order valence-electron chi connectivity index (χ2n) is 14.7. The molecule has 0 aromatic carbocycles. The zero-order valence-electron chi connectivity index (χ0n) is 33.6. The Hall–Kier alpha value is -1.72. The van der Waals surface area contributed by atoms with Gasteiger partial charge in [0.25, 0.3) is 0 Å². The van der Waals surface area contributed by atoms with Gasteiger partial charge in [-0.2, -0.15) is 8.42 Å². The summed E-state index contributed by atoms with van der Waals surface area (Å²) in [6, 6.07) is -1.14. The van der Waals surface area contributed by atoms with Gasteiger partial charge in [-0.15, -0.1) is 0 Å². The number of hydrogen-bond donors (Lipinski definition) is 7. The number of amides is 1. The molecule has 0 aliphatic carbocycles. The van der Waals surface area contributed by atoms with E-state index in [4.69, 9.17) is 14.0 Å². The number of carbonyl (C=O) groups excluding carboxylic acids is 1. The Morgan fingerprint density at radius 1 is 0.727 bits per heavy atom. The zero-order valence-corrected chi connectivity index (χ0v) is 34.4. The maximum Gasteiger partial charge on any atom is 0.397 e. The van der Waals surface area contributed by atoms with E-state index >= 15 is 0 Å². The highest BCUT2D eigenvalue weighted by atomic mass is 32.3. The lowest BCUT2D eigenvalue weighted by Gasteiger charge is -2.41. The van der Waals surface area contributed by atoms with Crippen molar-refractivity contribution < 1.29 is 57.0 Å². The molecule has 1 aliphatic heterocycles. The first-order valence-corrected chi connectivity index (χ1v) is 22.3. The molecule has 0 bridgehead atoms. The molecule has 0 spiro atoms. The average Bonchev–Trinajstić information content (AvgIpc) is 3.15. The zero-order chi connectivity index (χ0) is 40.7. The number of ether oxygens (including phenoxy) is 2. The number of aliphatic hydroxyl groups is 5. The molecule has 1 fully saturated rings. The number of nitrogens with one attached hydrogen (secondary N) is 1. The number of unbranched alkanes of at least 4 members (excludes halogenated alkanes) is 17. The van der Waals surface area contributed by atoms with E-state index in [0.29, 0.717) is 12.8 Å². The fourth-order valence-electron chi connectivity index (χ4n) is 6.35. The molecule has 0 aromatic heterocycles. The molecule has 1 rings (SSSR count). The van der Waals surface area contributed by atoms with Gasteiger partial charge < -0.3 is 40.3 Å². The Morgan fingerprint density at radius 2 is 1.22 bits per heavy atom. The van der Waals surface area contributed by atoms with E-state index in [0.717, 1.165) is 38.5 Å². The summed E-state index contributed by atoms with van der Waals surface area (Å²) in [4.78, 5) is 13.0. The quantitative estimate of drug-likeness (QED) is 0.0223. The fraction of sp³-hybridized carbons (Fsp3) is 0.829. The van der Waals surface area contributed by atoms with Crippen LogP contribution in [0, 0.1) is 0 Å². The smallest absolute Gasteiger partial charge is 0.394 e. The van der Waals surface area contributed by atoms with Crippen molar-refractivity contribution in [2.45, 2.75) is 204 Å². The first-order chi connectivity index (χ1) is 26.4. The largest absolute Gasteiger partial charge is 0.397 e. The molecule has 0 radical (unpaired) electrons. The molecule has 13 nitrogen and oxygen atoms in total. The number of rotatable bonds is 34. The first-order valence-electron chi connectivity index (χ1n) is 21.0. The molecule has 55 heavy (non-hydrogen) atoms. The minimum absolute atomic E-state index is 0.205. The highest BCUT2D eigenvalue weighted by molar-refractivity contribution is 7.80. The Labute approximate surface area is 331 Å². The van der Waals surface area contributed by atoms with Gasteiger partial charge in [-0.1, -0.05) is 134 Å². The van der Waals surface area contributed by atoms with Crippen molar-refractivity contribution >= 4 is 16.3 Å². The first kappa shape index (κ1) is 51.3. The summed E-state index contributed by atoms with van der Waals surface area (Å²) in [5.74, 6) is -0.732. The second-order valence-corrected chi connectivity index (χ2v) is 15.8. The van der Waals surface area contributed by atoms with Gasteiger partial charge in [-0.25, -0.2) is 4.18 Å². The van der Waals surface area contributed by atoms with Crippen LogP contribution in [0.15, 0.2) is 36.5 Å². The van der Waals surface area contributed by atoms with E-state index in [2.05, 4.69) is 47.7 Å². The lowest BCUT2D eigenvalue weighted by atomic mass is 9.99. The molecule has 7 N–H and O–H groups in total. The number of hydrogen-bond acceptors (Lipinski definition) is 11. The van der Waals surface area contributed by atoms with E-state index in [9.17, 15) is 38.7 Å². The molecule has 8 atom stereocenters. The molecular formula is C41H75NO12S. The third-order valence-corrected chi connectivity index (χ3v) is 10.2. The molecule has 14 heteroatoms. The molecular weight excluding hydrogens is 731 g/mol. The van der Waals surface area contributed by atoms with Gasteiger partial charge in [0, 0.05) is 0 Å². The lowest BCUT2D eigenvalue weighted by molar-refractivity contribution is -0.298. The Morgan fingerprint density at radius 3 is 1.75 bits per heavy atom. The summed E-state index contributed by atoms with van der Waals surface area (Å²) in [6.07, 6.45) is 23.9. The maximum absolute atomic E-state index is 13.0. The topological polar surface area (TPSA) is 212 Å². The van der Waals surface area contributed by atoms with Crippen molar-refractivity contribution in [2.75, 3.05) is 13.2 Å². The maximum atomic E-state index is 13.0. The van der Waals surface area contributed by atoms with Gasteiger partial charge in [0.15, 0.2) is 6.29 Å². The number of allylic oxidation sites excluding steroid dienone is 5. The molecule has 1 aliphatic rings. The van der Waals surface area contributed by atoms with Gasteiger partial charge in [-0.05, 0) is 57.8 Å². The Balaban J connectivity index is 2.71. The lowest BCUT2D eigenvalue weighted by Crippen LogP contribution is -2.61. The molecule has 0 aromatic rings. The van der Waals surface area contributed by atoms with Crippen LogP contribution in [0.1, 0.15) is 155 Å². The Kier molecular flexibility index (Phi) is 30.1. The van der Waals surface area contributed by atoms with Crippen LogP contribution >= 0.6 is 0 Å². The van der Waals surface area contributed by atoms with Crippen molar-refractivity contribution in [3.05, 3.63) is 36.5 Å². The molecule has 0 saturated carbocycles. The van der Waals surface area contributed by atoms with Crippen molar-refractivity contribution in [2.24, 2.45) is 0 Å². The standard InChI is InChI=1S/C41H75NO12S/c1-3-5-7-9-11-13-15-17-18-20-21-23-25-27-29-34(44)33(32-52-41-38(47)39(54-55(49,50)51)37(46)36(31-43)53-41)42-40(48)35(45)30-28-26-24-22-19-16-14-12-10-8-6-4-2/h19-22,27,29,33-39,41,43-47H,3-18,23-26,28,30-32H2,1-2H3,(H,42,48)(H,49,50,51)/b21-20+,22-19-,29-27+. The van der Waals surface area contributed by atoms with Crippen molar-refractivity contribution in [3.8, 4) is 0 Å². The predicted molar refractivity (Wildman–Crippen MR) is 214 cm³/mol. The van der Waals surface area contributed by atoms with Crippen molar-refractivity contribution in [3.63, 3.8) is 0 Å². The molecule has 8 unspecified atom stereocenters. The van der Waals surface area contributed by atoms with Crippen LogP contribution in [0.5, 0.6) is 0 Å². The van der Waals surface area contributed by atoms with Crippen LogP contribution in [-0.4, -0.2) is 107 Å². The summed E-state index contributed by atoms with van der Waals surface area (Å²) in [7, 11) is -5.12. The summed E-state index contributed by atoms with van der Waals surface area (Å²) >= 11 is 0. The van der Waals surface area contributed by atoms with Gasteiger partial charge in [0.1, 0.15) is 30.5 Å². The van der Waals surface area contributed by atoms with Crippen LogP contribution in [0.4, 0.5) is 0 Å². The van der Waals surface area contributed by atoms with Gasteiger partial charge in [-0.3, -0.25) is 9.35 Å². The van der Waals surface area contributed by atoms with Crippen molar-refractivity contribution in [1.29, 1.82) is 0 Å². The second kappa shape index (κ2) is 32.3. The van der Waals surface area contributed by atoms with Crippen LogP contribution in [0.3, 0.4) is 0 Å². The molecule has 1 heterocycles. The van der Waals surface area contributed by atoms with Crippen LogP contribution < -0.4 is 5.32 Å². The summed E-state index contributed by atoms with van der Waals surface area (Å²) in [6.45, 7) is 3.14. The minimum Gasteiger partial charge on any atom is -0.394 e. The number of aliphatic hydroxyl groups excluding tert-OH is 5.